The molecule has 0 bridgehead atoms. The predicted molar refractivity (Wildman–Crippen MR) is 127 cm³/mol. The van der Waals surface area contributed by atoms with Crippen LogP contribution in [0, 0.1) is 0 Å². The Morgan fingerprint density at radius 1 is 1.33 bits per heavy atom. The fraction of sp³-hybridized carbons (Fsp3) is 0.579. The first-order valence-corrected chi connectivity index (χ1v) is 10.3. The number of hydrogen-bond acceptors (Lipinski definition) is 4. The van der Waals surface area contributed by atoms with Crippen molar-refractivity contribution in [2.75, 3.05) is 44.8 Å². The normalized spacial score (nSPS) is 16.7. The van der Waals surface area contributed by atoms with E-state index >= 15 is 0 Å². The van der Waals surface area contributed by atoms with Gasteiger partial charge in [-0.25, -0.2) is 4.99 Å². The summed E-state index contributed by atoms with van der Waals surface area (Å²) in [5.41, 5.74) is 1.88. The average molecular weight is 505 g/mol. The maximum atomic E-state index is 11.9. The second-order valence-electron chi connectivity index (χ2n) is 6.70. The van der Waals surface area contributed by atoms with E-state index in [2.05, 4.69) is 27.9 Å². The van der Waals surface area contributed by atoms with E-state index in [0.29, 0.717) is 18.3 Å². The second-order valence-corrected chi connectivity index (χ2v) is 8.11. The van der Waals surface area contributed by atoms with Crippen molar-refractivity contribution < 1.29 is 4.79 Å². The molecular formula is C19H32IN5OS. The molecule has 2 rings (SSSR count). The number of carbonyl (C=O) groups is 1. The van der Waals surface area contributed by atoms with Crippen LogP contribution in [0.25, 0.3) is 0 Å². The molecule has 0 spiro atoms. The molecule has 1 atom stereocenters. The van der Waals surface area contributed by atoms with Crippen LogP contribution in [0.1, 0.15) is 25.3 Å². The van der Waals surface area contributed by atoms with Gasteiger partial charge in [0, 0.05) is 24.0 Å². The maximum Gasteiger partial charge on any atom is 0.238 e. The van der Waals surface area contributed by atoms with Gasteiger partial charge in [-0.1, -0.05) is 12.1 Å². The van der Waals surface area contributed by atoms with Crippen molar-refractivity contribution in [2.24, 2.45) is 4.99 Å². The van der Waals surface area contributed by atoms with Crippen molar-refractivity contribution in [2.45, 2.75) is 31.6 Å². The number of halogens is 1. The lowest BCUT2D eigenvalue weighted by Crippen LogP contribution is -2.40. The third-order valence-electron chi connectivity index (χ3n) is 3.96. The number of thioether (sulfide) groups is 1. The Hall–Kier alpha value is -1.00. The largest absolute Gasteiger partial charge is 0.357 e. The predicted octanol–water partition coefficient (Wildman–Crippen LogP) is 2.76. The van der Waals surface area contributed by atoms with E-state index in [1.54, 1.807) is 0 Å². The van der Waals surface area contributed by atoms with Gasteiger partial charge in [0.15, 0.2) is 5.96 Å². The monoisotopic (exact) mass is 505 g/mol. The topological polar surface area (TPSA) is 68.8 Å². The Morgan fingerprint density at radius 3 is 2.81 bits per heavy atom. The molecule has 1 amide bonds. The molecule has 3 N–H and O–H groups in total. The van der Waals surface area contributed by atoms with E-state index in [9.17, 15) is 4.79 Å². The van der Waals surface area contributed by atoms with Crippen molar-refractivity contribution in [1.82, 2.24) is 15.5 Å². The Bertz CT molecular complexity index is 606. The SMILES string of the molecule is CCNC(=NCc1cccc(NC(=O)CN(C)C)c1)NCC1CCCS1.I. The van der Waals surface area contributed by atoms with E-state index < -0.39 is 0 Å². The summed E-state index contributed by atoms with van der Waals surface area (Å²) in [4.78, 5) is 18.4. The summed E-state index contributed by atoms with van der Waals surface area (Å²) in [6, 6.07) is 7.86. The number of rotatable bonds is 8. The number of likely N-dealkylation sites (N-methyl/N-ethyl adjacent to an activating group) is 1. The number of guanidine groups is 1. The molecule has 1 aromatic carbocycles. The van der Waals surface area contributed by atoms with Gasteiger partial charge >= 0.3 is 0 Å². The number of benzene rings is 1. The van der Waals surface area contributed by atoms with Crippen LogP contribution in [-0.2, 0) is 11.3 Å². The lowest BCUT2D eigenvalue weighted by Gasteiger charge is -2.14. The van der Waals surface area contributed by atoms with Crippen molar-refractivity contribution in [3.63, 3.8) is 0 Å². The van der Waals surface area contributed by atoms with Crippen LogP contribution < -0.4 is 16.0 Å². The van der Waals surface area contributed by atoms with Crippen molar-refractivity contribution in [1.29, 1.82) is 0 Å². The van der Waals surface area contributed by atoms with Gasteiger partial charge in [-0.15, -0.1) is 24.0 Å². The number of nitrogens with zero attached hydrogens (tertiary/aromatic N) is 2. The Morgan fingerprint density at radius 2 is 2.15 bits per heavy atom. The molecule has 1 unspecified atom stereocenters. The minimum Gasteiger partial charge on any atom is -0.357 e. The molecule has 152 valence electrons. The summed E-state index contributed by atoms with van der Waals surface area (Å²) in [6.07, 6.45) is 2.60. The third-order valence-corrected chi connectivity index (χ3v) is 5.35. The molecule has 0 radical (unpaired) electrons. The molecule has 0 aliphatic carbocycles. The Kier molecular flexibility index (Phi) is 11.8. The van der Waals surface area contributed by atoms with Crippen molar-refractivity contribution in [3.8, 4) is 0 Å². The molecule has 0 aromatic heterocycles. The van der Waals surface area contributed by atoms with Gasteiger partial charge in [-0.05, 0) is 57.3 Å². The fourth-order valence-corrected chi connectivity index (χ4v) is 3.96. The summed E-state index contributed by atoms with van der Waals surface area (Å²) in [5.74, 6) is 2.11. The number of nitrogens with one attached hydrogen (secondary N) is 3. The molecule has 0 saturated carbocycles. The summed E-state index contributed by atoms with van der Waals surface area (Å²) < 4.78 is 0. The van der Waals surface area contributed by atoms with Gasteiger partial charge in [0.2, 0.25) is 5.91 Å². The molecule has 1 aliphatic rings. The molecule has 1 heterocycles. The summed E-state index contributed by atoms with van der Waals surface area (Å²) in [7, 11) is 3.76. The standard InChI is InChI=1S/C19H31N5OS.HI/c1-4-20-19(22-13-17-9-6-10-26-17)21-12-15-7-5-8-16(11-15)23-18(25)14-24(2)3;/h5,7-8,11,17H,4,6,9-10,12-14H2,1-3H3,(H,23,25)(H2,20,21,22);1H. The lowest BCUT2D eigenvalue weighted by molar-refractivity contribution is -0.116. The number of anilines is 1. The summed E-state index contributed by atoms with van der Waals surface area (Å²) in [5, 5.41) is 10.4. The molecule has 6 nitrogen and oxygen atoms in total. The van der Waals surface area contributed by atoms with Crippen molar-refractivity contribution >= 4 is 53.3 Å². The van der Waals surface area contributed by atoms with Crippen LogP contribution in [-0.4, -0.2) is 61.5 Å². The minimum absolute atomic E-state index is 0. The number of carbonyl (C=O) groups excluding carboxylic acids is 1. The summed E-state index contributed by atoms with van der Waals surface area (Å²) in [6.45, 7) is 4.81. The van der Waals surface area contributed by atoms with Crippen LogP contribution in [0.2, 0.25) is 0 Å². The van der Waals surface area contributed by atoms with E-state index in [1.807, 2.05) is 55.0 Å². The summed E-state index contributed by atoms with van der Waals surface area (Å²) >= 11 is 2.04. The zero-order chi connectivity index (χ0) is 18.8. The number of hydrogen-bond donors (Lipinski definition) is 3. The van der Waals surface area contributed by atoms with Crippen LogP contribution >= 0.6 is 35.7 Å². The quantitative estimate of drug-likeness (QED) is 0.288. The Balaban J connectivity index is 0.00000364. The number of aliphatic imine (C=N–C) groups is 1. The first-order valence-electron chi connectivity index (χ1n) is 9.24. The second kappa shape index (κ2) is 13.2. The molecule has 1 aliphatic heterocycles. The van der Waals surface area contributed by atoms with Gasteiger partial charge in [0.25, 0.3) is 0 Å². The first-order chi connectivity index (χ1) is 12.6. The Labute approximate surface area is 184 Å². The third kappa shape index (κ3) is 9.66. The zero-order valence-electron chi connectivity index (χ0n) is 16.5. The van der Waals surface area contributed by atoms with E-state index in [4.69, 9.17) is 0 Å². The molecule has 1 fully saturated rings. The molecule has 27 heavy (non-hydrogen) atoms. The van der Waals surface area contributed by atoms with E-state index in [-0.39, 0.29) is 29.9 Å². The van der Waals surface area contributed by atoms with Crippen molar-refractivity contribution in [3.05, 3.63) is 29.8 Å². The highest BCUT2D eigenvalue weighted by Gasteiger charge is 2.15. The average Bonchev–Trinajstić information content (AvgIpc) is 3.10. The smallest absolute Gasteiger partial charge is 0.238 e. The highest BCUT2D eigenvalue weighted by molar-refractivity contribution is 14.0. The minimum atomic E-state index is -0.0141. The molecule has 8 heteroatoms. The number of amides is 1. The van der Waals surface area contributed by atoms with Gasteiger partial charge in [0.1, 0.15) is 0 Å². The van der Waals surface area contributed by atoms with Gasteiger partial charge in [-0.2, -0.15) is 11.8 Å². The highest BCUT2D eigenvalue weighted by Crippen LogP contribution is 2.25. The molecular weight excluding hydrogens is 473 g/mol. The molecule has 1 aromatic rings. The van der Waals surface area contributed by atoms with Gasteiger partial charge < -0.3 is 20.9 Å². The maximum absolute atomic E-state index is 11.9. The van der Waals surface area contributed by atoms with Crippen LogP contribution in [0.15, 0.2) is 29.3 Å². The first kappa shape index (κ1) is 24.0. The van der Waals surface area contributed by atoms with E-state index in [0.717, 1.165) is 30.3 Å². The molecule has 1 saturated heterocycles. The van der Waals surface area contributed by atoms with E-state index in [1.165, 1.54) is 18.6 Å². The van der Waals surface area contributed by atoms with Gasteiger partial charge in [0.05, 0.1) is 13.1 Å². The van der Waals surface area contributed by atoms with Crippen LogP contribution in [0.5, 0.6) is 0 Å². The lowest BCUT2D eigenvalue weighted by atomic mass is 10.2. The van der Waals surface area contributed by atoms with Crippen LogP contribution in [0.3, 0.4) is 0 Å². The zero-order valence-corrected chi connectivity index (χ0v) is 19.6. The highest BCUT2D eigenvalue weighted by atomic mass is 127. The van der Waals surface area contributed by atoms with Gasteiger partial charge in [-0.3, -0.25) is 4.79 Å². The fourth-order valence-electron chi connectivity index (χ4n) is 2.76. The van der Waals surface area contributed by atoms with Crippen LogP contribution in [0.4, 0.5) is 5.69 Å².